The predicted octanol–water partition coefficient (Wildman–Crippen LogP) is 3.89. The normalized spacial score (nSPS) is 33.6. The number of rotatable bonds is 4. The SMILES string of the molecule is CC(C)(C)[Si](C)(C)OC1OC2COC(c3ccccc3)OC2[C@H](O)[C@@H]1N=[N+]=[N-]. The van der Waals surface area contributed by atoms with Gasteiger partial charge in [-0.25, -0.2) is 0 Å². The summed E-state index contributed by atoms with van der Waals surface area (Å²) in [6.45, 7) is 10.8. The second kappa shape index (κ2) is 8.12. The Balaban J connectivity index is 1.80. The molecule has 2 saturated heterocycles. The Morgan fingerprint density at radius 1 is 1.21 bits per heavy atom. The second-order valence-electron chi connectivity index (χ2n) is 8.78. The molecule has 6 atom stereocenters. The number of hydrogen-bond donors (Lipinski definition) is 1. The van der Waals surface area contributed by atoms with Gasteiger partial charge in [-0.3, -0.25) is 0 Å². The zero-order valence-electron chi connectivity index (χ0n) is 17.0. The fourth-order valence-electron chi connectivity index (χ4n) is 3.10. The second-order valence-corrected chi connectivity index (χ2v) is 13.5. The lowest BCUT2D eigenvalue weighted by molar-refractivity contribution is -0.333. The van der Waals surface area contributed by atoms with Crippen molar-refractivity contribution >= 4 is 8.32 Å². The molecule has 154 valence electrons. The maximum absolute atomic E-state index is 10.9. The van der Waals surface area contributed by atoms with Crippen molar-refractivity contribution in [1.29, 1.82) is 0 Å². The third kappa shape index (κ3) is 4.26. The van der Waals surface area contributed by atoms with Crippen LogP contribution >= 0.6 is 0 Å². The number of nitrogens with zero attached hydrogens (tertiary/aromatic N) is 3. The van der Waals surface area contributed by atoms with Crippen LogP contribution in [0.2, 0.25) is 18.1 Å². The maximum Gasteiger partial charge on any atom is 0.195 e. The summed E-state index contributed by atoms with van der Waals surface area (Å²) in [5.41, 5.74) is 9.87. The van der Waals surface area contributed by atoms with E-state index in [0.717, 1.165) is 5.56 Å². The van der Waals surface area contributed by atoms with Gasteiger partial charge in [0.15, 0.2) is 20.9 Å². The van der Waals surface area contributed by atoms with Crippen molar-refractivity contribution in [3.63, 3.8) is 0 Å². The van der Waals surface area contributed by atoms with Crippen LogP contribution in [0.5, 0.6) is 0 Å². The van der Waals surface area contributed by atoms with Crippen LogP contribution in [-0.2, 0) is 18.6 Å². The molecule has 2 aliphatic heterocycles. The molecule has 3 rings (SSSR count). The summed E-state index contributed by atoms with van der Waals surface area (Å²) in [6.07, 6.45) is -3.68. The monoisotopic (exact) mass is 407 g/mol. The molecule has 0 bridgehead atoms. The quantitative estimate of drug-likeness (QED) is 0.353. The summed E-state index contributed by atoms with van der Waals surface area (Å²) in [4.78, 5) is 2.90. The Labute approximate surface area is 166 Å². The molecule has 1 aromatic carbocycles. The highest BCUT2D eigenvalue weighted by Crippen LogP contribution is 2.41. The Hall–Kier alpha value is -1.45. The Bertz CT molecular complexity index is 720. The Morgan fingerprint density at radius 3 is 2.50 bits per heavy atom. The van der Waals surface area contributed by atoms with Crippen LogP contribution in [0.1, 0.15) is 32.6 Å². The topological polar surface area (TPSA) is 106 Å². The highest BCUT2D eigenvalue weighted by atomic mass is 28.4. The fourth-order valence-corrected chi connectivity index (χ4v) is 4.23. The van der Waals surface area contributed by atoms with E-state index in [2.05, 4.69) is 43.9 Å². The van der Waals surface area contributed by atoms with Gasteiger partial charge in [0.2, 0.25) is 0 Å². The van der Waals surface area contributed by atoms with Crippen molar-refractivity contribution in [3.05, 3.63) is 46.3 Å². The van der Waals surface area contributed by atoms with Gasteiger partial charge in [-0.05, 0) is 23.7 Å². The first-order valence-corrected chi connectivity index (χ1v) is 12.4. The van der Waals surface area contributed by atoms with Gasteiger partial charge in [0.1, 0.15) is 18.2 Å². The van der Waals surface area contributed by atoms with Crippen LogP contribution in [0, 0.1) is 0 Å². The summed E-state index contributed by atoms with van der Waals surface area (Å²) in [6, 6.07) is 8.61. The molecule has 0 radical (unpaired) electrons. The third-order valence-electron chi connectivity index (χ3n) is 5.81. The van der Waals surface area contributed by atoms with Gasteiger partial charge in [0.05, 0.1) is 12.7 Å². The van der Waals surface area contributed by atoms with Crippen molar-refractivity contribution in [2.24, 2.45) is 5.11 Å². The van der Waals surface area contributed by atoms with E-state index < -0.39 is 45.3 Å². The van der Waals surface area contributed by atoms with E-state index in [4.69, 9.17) is 24.2 Å². The molecule has 1 N–H and O–H groups in total. The minimum atomic E-state index is -2.22. The minimum absolute atomic E-state index is 0.0585. The molecule has 0 aliphatic carbocycles. The molecule has 0 spiro atoms. The van der Waals surface area contributed by atoms with Crippen LogP contribution in [-0.4, -0.2) is 50.7 Å². The van der Waals surface area contributed by atoms with Crippen LogP contribution < -0.4 is 0 Å². The van der Waals surface area contributed by atoms with Gasteiger partial charge < -0.3 is 23.7 Å². The first-order valence-electron chi connectivity index (χ1n) is 9.51. The van der Waals surface area contributed by atoms with Crippen LogP contribution in [0.15, 0.2) is 35.4 Å². The smallest absolute Gasteiger partial charge is 0.195 e. The summed E-state index contributed by atoms with van der Waals surface area (Å²) < 4.78 is 24.2. The lowest BCUT2D eigenvalue weighted by Gasteiger charge is -2.49. The number of aliphatic hydroxyl groups is 1. The summed E-state index contributed by atoms with van der Waals surface area (Å²) in [7, 11) is -2.22. The van der Waals surface area contributed by atoms with Crippen molar-refractivity contribution in [1.82, 2.24) is 0 Å². The van der Waals surface area contributed by atoms with Crippen LogP contribution in [0.3, 0.4) is 0 Å². The van der Waals surface area contributed by atoms with Crippen LogP contribution in [0.25, 0.3) is 10.4 Å². The van der Waals surface area contributed by atoms with Crippen molar-refractivity contribution in [3.8, 4) is 0 Å². The molecular formula is C19H29N3O5Si. The highest BCUT2D eigenvalue weighted by Gasteiger charge is 2.52. The molecule has 2 fully saturated rings. The number of hydrogen-bond acceptors (Lipinski definition) is 6. The maximum atomic E-state index is 10.9. The average molecular weight is 408 g/mol. The predicted molar refractivity (Wildman–Crippen MR) is 106 cm³/mol. The number of benzene rings is 1. The molecule has 0 amide bonds. The zero-order chi connectivity index (χ0) is 20.5. The molecular weight excluding hydrogens is 378 g/mol. The van der Waals surface area contributed by atoms with E-state index in [0.29, 0.717) is 0 Å². The van der Waals surface area contributed by atoms with E-state index in [1.54, 1.807) is 0 Å². The van der Waals surface area contributed by atoms with E-state index in [9.17, 15) is 5.11 Å². The van der Waals surface area contributed by atoms with Crippen molar-refractivity contribution in [2.75, 3.05) is 6.61 Å². The molecule has 28 heavy (non-hydrogen) atoms. The van der Waals surface area contributed by atoms with Gasteiger partial charge in [-0.1, -0.05) is 56.2 Å². The number of aliphatic hydroxyl groups excluding tert-OH is 1. The van der Waals surface area contributed by atoms with E-state index in [-0.39, 0.29) is 11.6 Å². The number of ether oxygens (including phenoxy) is 3. The lowest BCUT2D eigenvalue weighted by Crippen LogP contribution is -2.63. The van der Waals surface area contributed by atoms with E-state index >= 15 is 0 Å². The zero-order valence-corrected chi connectivity index (χ0v) is 18.0. The van der Waals surface area contributed by atoms with Gasteiger partial charge >= 0.3 is 0 Å². The average Bonchev–Trinajstić information content (AvgIpc) is 2.64. The number of azide groups is 1. The summed E-state index contributed by atoms with van der Waals surface area (Å²) in [5, 5.41) is 14.7. The van der Waals surface area contributed by atoms with E-state index in [1.807, 2.05) is 30.3 Å². The largest absolute Gasteiger partial charge is 0.392 e. The van der Waals surface area contributed by atoms with Gasteiger partial charge in [0, 0.05) is 10.5 Å². The molecule has 4 unspecified atom stereocenters. The molecule has 1 aromatic rings. The first-order chi connectivity index (χ1) is 13.1. The summed E-state index contributed by atoms with van der Waals surface area (Å²) in [5.74, 6) is 0. The van der Waals surface area contributed by atoms with Gasteiger partial charge in [-0.2, -0.15) is 0 Å². The van der Waals surface area contributed by atoms with Gasteiger partial charge in [-0.15, -0.1) is 0 Å². The first kappa shape index (κ1) is 21.3. The Kier molecular flexibility index (Phi) is 6.16. The third-order valence-corrected chi connectivity index (χ3v) is 10.2. The minimum Gasteiger partial charge on any atom is -0.392 e. The van der Waals surface area contributed by atoms with Crippen LogP contribution in [0.4, 0.5) is 0 Å². The lowest BCUT2D eigenvalue weighted by atomic mass is 9.96. The number of fused-ring (bicyclic) bond motifs is 1. The molecule has 0 aromatic heterocycles. The molecule has 0 saturated carbocycles. The van der Waals surface area contributed by atoms with E-state index in [1.165, 1.54) is 0 Å². The molecule has 2 aliphatic rings. The van der Waals surface area contributed by atoms with Crippen molar-refractivity contribution < 1.29 is 23.7 Å². The van der Waals surface area contributed by atoms with Gasteiger partial charge in [0.25, 0.3) is 0 Å². The van der Waals surface area contributed by atoms with Crippen molar-refractivity contribution in [2.45, 2.75) is 75.8 Å². The molecule has 2 heterocycles. The Morgan fingerprint density at radius 2 is 1.89 bits per heavy atom. The summed E-state index contributed by atoms with van der Waals surface area (Å²) >= 11 is 0. The molecule has 9 heteroatoms. The fraction of sp³-hybridized carbons (Fsp3) is 0.684. The standard InChI is InChI=1S/C19H29N3O5Si/c1-19(2,3)28(4,5)27-18-14(21-22-20)15(23)16-13(25-18)11-24-17(26-16)12-9-7-6-8-10-12/h6-10,13-18,23H,11H2,1-5H3/t13?,14-,15+,16?,17?,18?/m0/s1. The molecule has 8 nitrogen and oxygen atoms in total. The highest BCUT2D eigenvalue weighted by molar-refractivity contribution is 6.74.